The van der Waals surface area contributed by atoms with Crippen LogP contribution in [-0.4, -0.2) is 56.8 Å². The number of methoxy groups -OCH3 is 1. The average molecular weight is 356 g/mol. The monoisotopic (exact) mass is 356 g/mol. The van der Waals surface area contributed by atoms with Gasteiger partial charge in [0.05, 0.1) is 13.7 Å². The zero-order chi connectivity index (χ0) is 18.9. The lowest BCUT2D eigenvalue weighted by Gasteiger charge is -2.41. The van der Waals surface area contributed by atoms with Gasteiger partial charge in [0.1, 0.15) is 11.8 Å². The summed E-state index contributed by atoms with van der Waals surface area (Å²) in [7, 11) is 1.64. The minimum Gasteiger partial charge on any atom is -0.497 e. The first-order valence-corrected chi connectivity index (χ1v) is 8.86. The van der Waals surface area contributed by atoms with E-state index < -0.39 is 0 Å². The minimum atomic E-state index is -0.341. The summed E-state index contributed by atoms with van der Waals surface area (Å²) >= 11 is 0. The highest BCUT2D eigenvalue weighted by Gasteiger charge is 2.33. The van der Waals surface area contributed by atoms with E-state index in [-0.39, 0.29) is 12.0 Å². The van der Waals surface area contributed by atoms with Gasteiger partial charge >= 0.3 is 5.97 Å². The zero-order valence-electron chi connectivity index (χ0n) is 15.7. The third-order valence-corrected chi connectivity index (χ3v) is 4.43. The molecular weight excluding hydrogens is 328 g/mol. The number of allylic oxidation sites excluding steroid dienone is 2. The Balaban J connectivity index is 2.18. The van der Waals surface area contributed by atoms with Crippen molar-refractivity contribution in [2.24, 2.45) is 0 Å². The second kappa shape index (κ2) is 9.82. The number of ether oxygens (including phenoxy) is 2. The first kappa shape index (κ1) is 19.8. The van der Waals surface area contributed by atoms with Gasteiger partial charge in [-0.3, -0.25) is 4.90 Å². The van der Waals surface area contributed by atoms with Crippen LogP contribution in [0.4, 0.5) is 5.69 Å². The van der Waals surface area contributed by atoms with Crippen LogP contribution in [-0.2, 0) is 9.53 Å². The third-order valence-electron chi connectivity index (χ3n) is 4.43. The molecule has 1 aromatic carbocycles. The van der Waals surface area contributed by atoms with Crippen molar-refractivity contribution in [3.05, 3.63) is 61.2 Å². The zero-order valence-corrected chi connectivity index (χ0v) is 15.7. The molecule has 2 rings (SSSR count). The summed E-state index contributed by atoms with van der Waals surface area (Å²) in [6.07, 6.45) is 5.53. The summed E-state index contributed by atoms with van der Waals surface area (Å²) in [6, 6.07) is 7.44. The maximum Gasteiger partial charge on any atom is 0.330 e. The average Bonchev–Trinajstić information content (AvgIpc) is 2.68. The standard InChI is InChI=1S/C21H28N2O3/c1-5-8-17(6-2)15-22-13-14-23(20(16-22)21(24)26-7-3)18-9-11-19(25-4)12-10-18/h5-6,8-12,20H,1-2,7,13-16H2,3-4H3/b17-8+. The lowest BCUT2D eigenvalue weighted by molar-refractivity contribution is -0.145. The first-order chi connectivity index (χ1) is 12.6. The fraction of sp³-hybridized carbons (Fsp3) is 0.381. The Morgan fingerprint density at radius 3 is 2.58 bits per heavy atom. The summed E-state index contributed by atoms with van der Waals surface area (Å²) in [6.45, 7) is 12.7. The van der Waals surface area contributed by atoms with Crippen LogP contribution in [0.2, 0.25) is 0 Å². The molecule has 0 saturated carbocycles. The first-order valence-electron chi connectivity index (χ1n) is 8.86. The summed E-state index contributed by atoms with van der Waals surface area (Å²) in [5, 5.41) is 0. The highest BCUT2D eigenvalue weighted by Crippen LogP contribution is 2.24. The fourth-order valence-corrected chi connectivity index (χ4v) is 3.10. The van der Waals surface area contributed by atoms with E-state index in [1.165, 1.54) is 0 Å². The maximum atomic E-state index is 12.6. The van der Waals surface area contributed by atoms with Crippen LogP contribution < -0.4 is 9.64 Å². The Hall–Kier alpha value is -2.53. The quantitative estimate of drug-likeness (QED) is 0.529. The van der Waals surface area contributed by atoms with Gasteiger partial charge in [0.15, 0.2) is 0 Å². The van der Waals surface area contributed by atoms with Gasteiger partial charge in [0, 0.05) is 31.9 Å². The smallest absolute Gasteiger partial charge is 0.330 e. The molecule has 140 valence electrons. The SMILES string of the molecule is C=C/C=C(\C=C)CN1CCN(c2ccc(OC)cc2)C(C(=O)OCC)C1. The van der Waals surface area contributed by atoms with E-state index in [0.717, 1.165) is 36.6 Å². The molecule has 1 saturated heterocycles. The van der Waals surface area contributed by atoms with Crippen LogP contribution >= 0.6 is 0 Å². The molecule has 0 radical (unpaired) electrons. The molecule has 1 aliphatic heterocycles. The van der Waals surface area contributed by atoms with Gasteiger partial charge in [-0.15, -0.1) is 0 Å². The molecule has 1 unspecified atom stereocenters. The van der Waals surface area contributed by atoms with Gasteiger partial charge in [0.2, 0.25) is 0 Å². The van der Waals surface area contributed by atoms with E-state index in [1.54, 1.807) is 13.2 Å². The molecule has 26 heavy (non-hydrogen) atoms. The van der Waals surface area contributed by atoms with Gasteiger partial charge in [-0.25, -0.2) is 4.79 Å². The second-order valence-electron chi connectivity index (χ2n) is 6.08. The van der Waals surface area contributed by atoms with Crippen LogP contribution in [0.3, 0.4) is 0 Å². The van der Waals surface area contributed by atoms with E-state index in [9.17, 15) is 4.79 Å². The second-order valence-corrected chi connectivity index (χ2v) is 6.08. The molecular formula is C21H28N2O3. The predicted octanol–water partition coefficient (Wildman–Crippen LogP) is 3.05. The van der Waals surface area contributed by atoms with Crippen molar-refractivity contribution in [3.8, 4) is 5.75 Å². The van der Waals surface area contributed by atoms with Crippen molar-refractivity contribution in [2.45, 2.75) is 13.0 Å². The molecule has 0 spiro atoms. The topological polar surface area (TPSA) is 42.0 Å². The lowest BCUT2D eigenvalue weighted by atomic mass is 10.1. The van der Waals surface area contributed by atoms with Crippen molar-refractivity contribution < 1.29 is 14.3 Å². The van der Waals surface area contributed by atoms with Crippen molar-refractivity contribution in [2.75, 3.05) is 44.8 Å². The Labute approximate surface area is 156 Å². The van der Waals surface area contributed by atoms with Crippen molar-refractivity contribution >= 4 is 11.7 Å². The summed E-state index contributed by atoms with van der Waals surface area (Å²) in [5.74, 6) is 0.603. The number of esters is 1. The number of nitrogens with zero attached hydrogens (tertiary/aromatic N) is 2. The number of hydrogen-bond acceptors (Lipinski definition) is 5. The Bertz CT molecular complexity index is 652. The van der Waals surface area contributed by atoms with E-state index in [1.807, 2.05) is 43.3 Å². The van der Waals surface area contributed by atoms with Gasteiger partial charge in [-0.05, 0) is 36.8 Å². The Morgan fingerprint density at radius 1 is 1.27 bits per heavy atom. The number of hydrogen-bond donors (Lipinski definition) is 0. The third kappa shape index (κ3) is 4.99. The van der Waals surface area contributed by atoms with Crippen LogP contribution in [0.5, 0.6) is 5.75 Å². The molecule has 0 bridgehead atoms. The van der Waals surface area contributed by atoms with Crippen LogP contribution in [0, 0.1) is 0 Å². The largest absolute Gasteiger partial charge is 0.497 e. The normalized spacial score (nSPS) is 18.3. The summed E-state index contributed by atoms with van der Waals surface area (Å²) in [5.41, 5.74) is 2.08. The van der Waals surface area contributed by atoms with Crippen molar-refractivity contribution in [3.63, 3.8) is 0 Å². The predicted molar refractivity (Wildman–Crippen MR) is 106 cm³/mol. The Morgan fingerprint density at radius 2 is 2.00 bits per heavy atom. The van der Waals surface area contributed by atoms with E-state index in [0.29, 0.717) is 13.2 Å². The summed E-state index contributed by atoms with van der Waals surface area (Å²) in [4.78, 5) is 16.9. The molecule has 5 nitrogen and oxygen atoms in total. The van der Waals surface area contributed by atoms with Gasteiger partial charge in [-0.2, -0.15) is 0 Å². The van der Waals surface area contributed by atoms with Gasteiger partial charge in [0.25, 0.3) is 0 Å². The fourth-order valence-electron chi connectivity index (χ4n) is 3.10. The molecule has 0 aliphatic carbocycles. The maximum absolute atomic E-state index is 12.6. The number of carbonyl (C=O) groups is 1. The van der Waals surface area contributed by atoms with Crippen LogP contribution in [0.1, 0.15) is 6.92 Å². The van der Waals surface area contributed by atoms with E-state index >= 15 is 0 Å². The molecule has 1 fully saturated rings. The highest BCUT2D eigenvalue weighted by atomic mass is 16.5. The van der Waals surface area contributed by atoms with Gasteiger partial charge < -0.3 is 14.4 Å². The van der Waals surface area contributed by atoms with Gasteiger partial charge in [-0.1, -0.05) is 31.4 Å². The molecule has 0 amide bonds. The van der Waals surface area contributed by atoms with Crippen molar-refractivity contribution in [1.82, 2.24) is 4.90 Å². The van der Waals surface area contributed by atoms with E-state index in [4.69, 9.17) is 9.47 Å². The molecule has 0 aromatic heterocycles. The minimum absolute atomic E-state index is 0.194. The Kier molecular flexibility index (Phi) is 7.48. The molecule has 1 aromatic rings. The molecule has 1 aliphatic rings. The molecule has 1 heterocycles. The number of anilines is 1. The van der Waals surface area contributed by atoms with E-state index in [2.05, 4.69) is 23.0 Å². The lowest BCUT2D eigenvalue weighted by Crippen LogP contribution is -2.57. The molecule has 5 heteroatoms. The van der Waals surface area contributed by atoms with Crippen LogP contribution in [0.15, 0.2) is 61.2 Å². The highest BCUT2D eigenvalue weighted by molar-refractivity contribution is 5.81. The summed E-state index contributed by atoms with van der Waals surface area (Å²) < 4.78 is 10.5. The number of carbonyl (C=O) groups excluding carboxylic acids is 1. The van der Waals surface area contributed by atoms with Crippen molar-refractivity contribution in [1.29, 1.82) is 0 Å². The number of benzene rings is 1. The molecule has 0 N–H and O–H groups in total. The number of piperazine rings is 1. The molecule has 1 atom stereocenters. The number of rotatable bonds is 8. The van der Waals surface area contributed by atoms with Crippen LogP contribution in [0.25, 0.3) is 0 Å².